The van der Waals surface area contributed by atoms with Crippen molar-refractivity contribution in [2.75, 3.05) is 10.0 Å². The van der Waals surface area contributed by atoms with E-state index in [0.29, 0.717) is 11.2 Å². The number of hydrogen-bond acceptors (Lipinski definition) is 4. The lowest BCUT2D eigenvalue weighted by Crippen LogP contribution is -2.18. The Balaban J connectivity index is 1.58. The van der Waals surface area contributed by atoms with Gasteiger partial charge in [-0.2, -0.15) is 0 Å². The molecule has 8 nitrogen and oxygen atoms in total. The van der Waals surface area contributed by atoms with Gasteiger partial charge in [0.05, 0.1) is 16.1 Å². The Morgan fingerprint density at radius 2 is 1.91 bits per heavy atom. The van der Waals surface area contributed by atoms with Crippen LogP contribution in [0.3, 0.4) is 0 Å². The van der Waals surface area contributed by atoms with Gasteiger partial charge in [-0.1, -0.05) is 25.5 Å². The number of pyridine rings is 1. The Bertz CT molecular complexity index is 1440. The first-order valence-electron chi connectivity index (χ1n) is 10.0. The molecule has 0 spiro atoms. The first-order chi connectivity index (χ1) is 15.8. The lowest BCUT2D eigenvalue weighted by molar-refractivity contribution is -0.347. The van der Waals surface area contributed by atoms with Crippen molar-refractivity contribution in [3.63, 3.8) is 0 Å². The zero-order chi connectivity index (χ0) is 23.6. The van der Waals surface area contributed by atoms with Crippen molar-refractivity contribution in [2.45, 2.75) is 24.7 Å². The smallest absolute Gasteiger partial charge is 0.299 e. The number of amides is 1. The van der Waals surface area contributed by atoms with Gasteiger partial charge in [0.1, 0.15) is 17.7 Å². The number of sulfonamides is 1. The maximum atomic E-state index is 15.0. The van der Waals surface area contributed by atoms with Crippen molar-refractivity contribution < 1.29 is 27.0 Å². The van der Waals surface area contributed by atoms with Crippen LogP contribution >= 0.6 is 0 Å². The van der Waals surface area contributed by atoms with Crippen molar-refractivity contribution in [3.8, 4) is 0 Å². The van der Waals surface area contributed by atoms with Crippen LogP contribution in [0.4, 0.5) is 20.2 Å². The van der Waals surface area contributed by atoms with E-state index in [1.807, 2.05) is 6.92 Å². The summed E-state index contributed by atoms with van der Waals surface area (Å²) in [6.07, 6.45) is 4.47. The molecule has 4 aromatic rings. The predicted octanol–water partition coefficient (Wildman–Crippen LogP) is 3.66. The summed E-state index contributed by atoms with van der Waals surface area (Å²) >= 11 is 0. The van der Waals surface area contributed by atoms with Gasteiger partial charge in [0.2, 0.25) is 0 Å². The molecule has 0 aliphatic rings. The van der Waals surface area contributed by atoms with Gasteiger partial charge >= 0.3 is 0 Å². The van der Waals surface area contributed by atoms with Gasteiger partial charge in [-0.05, 0) is 42.3 Å². The molecule has 4 rings (SSSR count). The molecule has 0 saturated heterocycles. The Hall–Kier alpha value is -3.86. The van der Waals surface area contributed by atoms with Crippen LogP contribution in [0.25, 0.3) is 11.2 Å². The van der Waals surface area contributed by atoms with E-state index in [-0.39, 0.29) is 10.5 Å². The molecule has 2 aromatic heterocycles. The molecule has 0 unspecified atom stereocenters. The van der Waals surface area contributed by atoms with Crippen LogP contribution in [-0.2, 0) is 16.4 Å². The first-order valence-corrected chi connectivity index (χ1v) is 11.5. The highest BCUT2D eigenvalue weighted by atomic mass is 32.2. The van der Waals surface area contributed by atoms with Crippen LogP contribution in [0.5, 0.6) is 0 Å². The Labute approximate surface area is 188 Å². The molecular weight excluding hydrogens is 452 g/mol. The highest BCUT2D eigenvalue weighted by molar-refractivity contribution is 7.92. The number of carbonyl (C=O) groups excluding carboxylic acids is 1. The summed E-state index contributed by atoms with van der Waals surface area (Å²) in [6.45, 7) is 2.01. The zero-order valence-electron chi connectivity index (χ0n) is 17.4. The third-order valence-electron chi connectivity index (χ3n) is 4.93. The summed E-state index contributed by atoms with van der Waals surface area (Å²) in [5, 5.41) is 2.15. The number of aromatic amines is 2. The van der Waals surface area contributed by atoms with Crippen LogP contribution in [0.1, 0.15) is 29.3 Å². The van der Waals surface area contributed by atoms with Crippen molar-refractivity contribution in [3.05, 3.63) is 77.8 Å². The fourth-order valence-electron chi connectivity index (χ4n) is 3.26. The van der Waals surface area contributed by atoms with E-state index in [1.54, 1.807) is 12.1 Å². The van der Waals surface area contributed by atoms with Gasteiger partial charge in [0.25, 0.3) is 21.6 Å². The van der Waals surface area contributed by atoms with Crippen LogP contribution in [0.15, 0.2) is 59.9 Å². The Kier molecular flexibility index (Phi) is 6.05. The minimum atomic E-state index is -4.14. The number of hydrogen-bond donors (Lipinski definition) is 3. The number of aromatic nitrogens is 3. The minimum absolute atomic E-state index is 0.0512. The Morgan fingerprint density at radius 1 is 1.15 bits per heavy atom. The molecule has 0 atom stereocenters. The second-order valence-electron chi connectivity index (χ2n) is 7.29. The quantitative estimate of drug-likeness (QED) is 0.380. The highest BCUT2D eigenvalue weighted by Crippen LogP contribution is 2.28. The van der Waals surface area contributed by atoms with E-state index in [4.69, 9.17) is 0 Å². The molecule has 4 N–H and O–H groups in total. The molecule has 33 heavy (non-hydrogen) atoms. The summed E-state index contributed by atoms with van der Waals surface area (Å²) in [6, 6.07) is 9.46. The van der Waals surface area contributed by atoms with E-state index in [0.717, 1.165) is 30.5 Å². The van der Waals surface area contributed by atoms with Gasteiger partial charge in [0, 0.05) is 0 Å². The summed E-state index contributed by atoms with van der Waals surface area (Å²) in [5.74, 6) is -3.13. The molecule has 0 fully saturated rings. The minimum Gasteiger partial charge on any atom is -0.317 e. The molecular formula is C22H20F2N5O3S+. The number of benzene rings is 2. The second kappa shape index (κ2) is 8.94. The predicted molar refractivity (Wildman–Crippen MR) is 118 cm³/mol. The number of H-pyrrole nitrogens is 2. The number of imidazole rings is 1. The maximum Gasteiger partial charge on any atom is 0.299 e. The lowest BCUT2D eigenvalue weighted by atomic mass is 10.1. The zero-order valence-corrected chi connectivity index (χ0v) is 18.3. The van der Waals surface area contributed by atoms with Gasteiger partial charge in [-0.25, -0.2) is 22.2 Å². The second-order valence-corrected chi connectivity index (χ2v) is 8.97. The molecule has 0 bridgehead atoms. The summed E-state index contributed by atoms with van der Waals surface area (Å²) in [7, 11) is -4.14. The number of nitrogens with one attached hydrogen (secondary N) is 4. The molecule has 170 valence electrons. The SMILES string of the molecule is CCCc1ccc(S(=O)(=O)Nc2ccc(F)c(NC(=O)c3cnc4[nH+]c[nH]c4c3)c2F)cc1. The van der Waals surface area contributed by atoms with Crippen molar-refractivity contribution >= 4 is 38.5 Å². The highest BCUT2D eigenvalue weighted by Gasteiger charge is 2.22. The third kappa shape index (κ3) is 4.67. The van der Waals surface area contributed by atoms with Crippen LogP contribution in [0, 0.1) is 11.6 Å². The van der Waals surface area contributed by atoms with Gasteiger partial charge in [-0.3, -0.25) is 14.5 Å². The maximum absolute atomic E-state index is 15.0. The van der Waals surface area contributed by atoms with E-state index in [9.17, 15) is 17.6 Å². The van der Waals surface area contributed by atoms with E-state index in [2.05, 4.69) is 25.0 Å². The summed E-state index contributed by atoms with van der Waals surface area (Å²) in [5.41, 5.74) is 0.765. The molecule has 0 aliphatic heterocycles. The van der Waals surface area contributed by atoms with Gasteiger partial charge in [-0.15, -0.1) is 4.98 Å². The number of halogens is 2. The number of fused-ring (bicyclic) bond motifs is 1. The monoisotopic (exact) mass is 472 g/mol. The average Bonchev–Trinajstić information content (AvgIpc) is 3.27. The van der Waals surface area contributed by atoms with Crippen molar-refractivity contribution in [1.82, 2.24) is 9.97 Å². The largest absolute Gasteiger partial charge is 0.317 e. The van der Waals surface area contributed by atoms with Crippen LogP contribution in [-0.4, -0.2) is 24.3 Å². The average molecular weight is 472 g/mol. The van der Waals surface area contributed by atoms with Crippen molar-refractivity contribution in [1.29, 1.82) is 0 Å². The molecule has 2 aromatic carbocycles. The van der Waals surface area contributed by atoms with E-state index in [1.165, 1.54) is 30.7 Å². The molecule has 0 radical (unpaired) electrons. The fourth-order valence-corrected chi connectivity index (χ4v) is 4.31. The van der Waals surface area contributed by atoms with E-state index >= 15 is 4.39 Å². The molecule has 0 aliphatic carbocycles. The molecule has 2 heterocycles. The third-order valence-corrected chi connectivity index (χ3v) is 6.31. The Morgan fingerprint density at radius 3 is 2.64 bits per heavy atom. The summed E-state index contributed by atoms with van der Waals surface area (Å²) in [4.78, 5) is 22.2. The van der Waals surface area contributed by atoms with Gasteiger partial charge in [0.15, 0.2) is 17.7 Å². The lowest BCUT2D eigenvalue weighted by Gasteiger charge is -2.13. The first kappa shape index (κ1) is 22.3. The number of anilines is 2. The molecule has 11 heteroatoms. The number of rotatable bonds is 7. The fraction of sp³-hybridized carbons (Fsp3) is 0.136. The molecule has 1 amide bonds. The summed E-state index contributed by atoms with van der Waals surface area (Å²) < 4.78 is 56.8. The van der Waals surface area contributed by atoms with Crippen LogP contribution < -0.4 is 15.0 Å². The number of nitrogens with zero attached hydrogens (tertiary/aromatic N) is 1. The van der Waals surface area contributed by atoms with Crippen LogP contribution in [0.2, 0.25) is 0 Å². The molecule has 0 saturated carbocycles. The van der Waals surface area contributed by atoms with Crippen molar-refractivity contribution in [2.24, 2.45) is 0 Å². The van der Waals surface area contributed by atoms with E-state index < -0.39 is 38.9 Å². The standard InChI is InChI=1S/C22H19F2N5O3S/c1-2-3-13-4-6-15(7-5-13)33(31,32)29-17-9-8-16(23)20(19(17)24)28-22(30)14-10-18-21(25-11-14)27-12-26-18/h4-12,29H,2-3H2,1H3,(H,28,30)(H,25,26,27)/p+1. The number of aryl methyl sites for hydroxylation is 1. The normalized spacial score (nSPS) is 11.5. The van der Waals surface area contributed by atoms with Gasteiger partial charge < -0.3 is 5.32 Å². The number of carbonyl (C=O) groups is 1. The topological polar surface area (TPSA) is 118 Å².